The number of hydrogen-bond donors (Lipinski definition) is 0. The molecule has 0 aliphatic heterocycles. The Bertz CT molecular complexity index is 6330. The Morgan fingerprint density at radius 1 is 0.355 bits per heavy atom. The molecule has 0 fully saturated rings. The molecule has 8 heterocycles. The number of aryl methyl sites for hydroxylation is 9. The van der Waals surface area contributed by atoms with Crippen molar-refractivity contribution in [2.24, 2.45) is 28.2 Å². The molecular weight excluding hydrogens is 1320 g/mol. The zero-order chi connectivity index (χ0) is 75.1. The molecule has 16 heteroatoms. The fourth-order valence-corrected chi connectivity index (χ4v) is 14.6. The van der Waals surface area contributed by atoms with Crippen LogP contribution >= 0.6 is 0 Å². The molecule has 0 bridgehead atoms. The highest BCUT2D eigenvalue weighted by Gasteiger charge is 2.27. The van der Waals surface area contributed by atoms with Gasteiger partial charge < -0.3 is 18.3 Å². The summed E-state index contributed by atoms with van der Waals surface area (Å²) < 4.78 is 17.2. The lowest BCUT2D eigenvalue weighted by atomic mass is 9.84. The lowest BCUT2D eigenvalue weighted by Crippen LogP contribution is -2.36. The molecule has 0 amide bonds. The molecule has 0 saturated carbocycles. The summed E-state index contributed by atoms with van der Waals surface area (Å²) in [7, 11) is 8.29. The number of benzene rings is 9. The van der Waals surface area contributed by atoms with Crippen LogP contribution in [0, 0.1) is 68.9 Å². The Morgan fingerprint density at radius 2 is 0.729 bits per heavy atom. The first-order valence-corrected chi connectivity index (χ1v) is 36.0. The molecular formula is C91H88N16+4. The standard InChI is InChI=1S/C25H22N3.C24H27N4.C21H18N5.C21H21N4/c1-17-10-8-9-15-28(17)23-16-19-11-4-5-12-20(19)24(18(23)2)25-26-21-13-6-7-14-22(21)27(25)3;1-16-19(23-26-20-10-7-8-11-21(20)27(23)6)14-18(24(3,4)5)15-22(16)28-13-9-12-25-17(28)2;1-14-17(21-24-18-8-5-6-9-19(18)25(21)4)12-16(22-3)13-20(14)26-11-7-10-23-15(26)2;1-14-12-17(21-23-18-8-5-6-9-19(18)24(21)4)15(2)20(13-14)25-11-7-10-22-16(25)3/h4-16H,1-3H3;7-15H,1-6H3;5-13H,1-2,4H3;5-13H,1-4H3/q4*+1. The molecule has 8 aromatic heterocycles. The number of rotatable bonds is 8. The van der Waals surface area contributed by atoms with Crippen LogP contribution in [0.1, 0.15) is 77.3 Å². The van der Waals surface area contributed by atoms with Crippen molar-refractivity contribution in [3.63, 3.8) is 0 Å². The van der Waals surface area contributed by atoms with Gasteiger partial charge in [0.1, 0.15) is 77.5 Å². The molecule has 107 heavy (non-hydrogen) atoms. The van der Waals surface area contributed by atoms with E-state index in [0.29, 0.717) is 5.69 Å². The quantitative estimate of drug-likeness (QED) is 0.109. The molecule has 0 saturated heterocycles. The summed E-state index contributed by atoms with van der Waals surface area (Å²) in [6, 6.07) is 68.8. The van der Waals surface area contributed by atoms with Gasteiger partial charge in [-0.25, -0.2) is 38.5 Å². The SMILES string of the molecule is Cc1c(-[n+]2ccccc2C)cc2ccccc2c1-c1nc2ccccc2n1C.Cc1c(-c2nc3ccccc3n2C)cc(C(C)(C)C)cc1-[n+]1cccnc1C.Cc1cc(-c2nc3ccccc3n2C)c(C)c(-[n+]2cccnc2C)c1.[C-]#[N+]c1cc(-c2nc3ccccc3n2C)c(C)c(-[n+]2cccnc2C)c1. The molecule has 16 nitrogen and oxygen atoms in total. The third-order valence-electron chi connectivity index (χ3n) is 20.5. The maximum Gasteiger partial charge on any atom is 0.300 e. The maximum atomic E-state index is 7.52. The van der Waals surface area contributed by atoms with E-state index in [-0.39, 0.29) is 5.41 Å². The monoisotopic (exact) mass is 1400 g/mol. The third-order valence-corrected chi connectivity index (χ3v) is 20.5. The fraction of sp³-hybridized carbons (Fsp3) is 0.187. The van der Waals surface area contributed by atoms with Crippen molar-refractivity contribution in [1.82, 2.24) is 53.2 Å². The minimum absolute atomic E-state index is 0.0263. The van der Waals surface area contributed by atoms with E-state index in [1.54, 1.807) is 6.20 Å². The average Bonchev–Trinajstić information content (AvgIpc) is 1.72. The highest BCUT2D eigenvalue weighted by atomic mass is 15.1. The van der Waals surface area contributed by atoms with Crippen molar-refractivity contribution < 1.29 is 18.3 Å². The summed E-state index contributed by atoms with van der Waals surface area (Å²) >= 11 is 0. The van der Waals surface area contributed by atoms with Crippen molar-refractivity contribution in [2.45, 2.75) is 88.5 Å². The second kappa shape index (κ2) is 29.3. The number of pyridine rings is 1. The third kappa shape index (κ3) is 13.6. The van der Waals surface area contributed by atoms with E-state index in [4.69, 9.17) is 26.5 Å². The fourth-order valence-electron chi connectivity index (χ4n) is 14.6. The van der Waals surface area contributed by atoms with Crippen LogP contribution in [-0.4, -0.2) is 53.2 Å². The highest BCUT2D eigenvalue weighted by Crippen LogP contribution is 2.38. The van der Waals surface area contributed by atoms with Crippen molar-refractivity contribution in [3.05, 3.63) is 312 Å². The Hall–Kier alpha value is -13.0. The first kappa shape index (κ1) is 71.0. The lowest BCUT2D eigenvalue weighted by Gasteiger charge is -2.22. The van der Waals surface area contributed by atoms with Crippen LogP contribution in [0.25, 0.3) is 128 Å². The van der Waals surface area contributed by atoms with E-state index in [1.165, 1.54) is 55.5 Å². The molecule has 0 aliphatic rings. The van der Waals surface area contributed by atoms with E-state index in [9.17, 15) is 0 Å². The molecule has 17 aromatic rings. The van der Waals surface area contributed by atoms with Crippen LogP contribution in [0.5, 0.6) is 0 Å². The van der Waals surface area contributed by atoms with Crippen LogP contribution in [-0.2, 0) is 33.6 Å². The van der Waals surface area contributed by atoms with Crippen LogP contribution in [0.2, 0.25) is 0 Å². The molecule has 9 aromatic carbocycles. The zero-order valence-electron chi connectivity index (χ0n) is 63.7. The van der Waals surface area contributed by atoms with Crippen LogP contribution in [0.15, 0.2) is 244 Å². The van der Waals surface area contributed by atoms with Gasteiger partial charge in [-0.2, -0.15) is 4.57 Å². The first-order valence-electron chi connectivity index (χ1n) is 36.0. The van der Waals surface area contributed by atoms with Gasteiger partial charge >= 0.3 is 0 Å². The molecule has 528 valence electrons. The number of aromatic nitrogens is 15. The van der Waals surface area contributed by atoms with Crippen LogP contribution in [0.3, 0.4) is 0 Å². The van der Waals surface area contributed by atoms with Gasteiger partial charge in [0, 0.05) is 137 Å². The van der Waals surface area contributed by atoms with E-state index in [0.717, 1.165) is 124 Å². The molecule has 0 aliphatic carbocycles. The normalized spacial score (nSPS) is 11.4. The minimum atomic E-state index is 0.0263. The number of fused-ring (bicyclic) bond motifs is 5. The summed E-state index contributed by atoms with van der Waals surface area (Å²) in [5, 5.41) is 2.46. The predicted molar refractivity (Wildman–Crippen MR) is 429 cm³/mol. The minimum Gasteiger partial charge on any atom is -0.327 e. The van der Waals surface area contributed by atoms with Crippen molar-refractivity contribution in [1.29, 1.82) is 0 Å². The second-order valence-corrected chi connectivity index (χ2v) is 28.5. The summed E-state index contributed by atoms with van der Waals surface area (Å²) in [5.74, 6) is 6.65. The smallest absolute Gasteiger partial charge is 0.300 e. The molecule has 0 radical (unpaired) electrons. The molecule has 0 N–H and O–H groups in total. The number of nitrogens with zero attached hydrogens (tertiary/aromatic N) is 16. The van der Waals surface area contributed by atoms with Crippen molar-refractivity contribution in [3.8, 4) is 68.3 Å². The van der Waals surface area contributed by atoms with Gasteiger partial charge in [0.05, 0.1) is 50.7 Å². The van der Waals surface area contributed by atoms with Gasteiger partial charge in [-0.3, -0.25) is 0 Å². The highest BCUT2D eigenvalue weighted by molar-refractivity contribution is 6.00. The Balaban J connectivity index is 0.000000120. The van der Waals surface area contributed by atoms with Gasteiger partial charge in [0.2, 0.25) is 5.69 Å². The van der Waals surface area contributed by atoms with Gasteiger partial charge in [0.25, 0.3) is 17.5 Å². The number of para-hydroxylation sites is 8. The largest absolute Gasteiger partial charge is 0.327 e. The van der Waals surface area contributed by atoms with E-state index in [1.807, 2.05) is 118 Å². The van der Waals surface area contributed by atoms with E-state index >= 15 is 0 Å². The first-order chi connectivity index (χ1) is 51.6. The van der Waals surface area contributed by atoms with Crippen molar-refractivity contribution in [2.75, 3.05) is 0 Å². The zero-order valence-corrected chi connectivity index (χ0v) is 63.7. The maximum absolute atomic E-state index is 7.52. The average molecular weight is 1410 g/mol. The lowest BCUT2D eigenvalue weighted by molar-refractivity contribution is -0.607. The number of hydrogen-bond acceptors (Lipinski definition) is 7. The Kier molecular flexibility index (Phi) is 19.4. The Labute approximate surface area is 625 Å². The van der Waals surface area contributed by atoms with Gasteiger partial charge in [-0.15, -0.1) is 0 Å². The van der Waals surface area contributed by atoms with Gasteiger partial charge in [0.15, 0.2) is 17.6 Å². The molecule has 0 spiro atoms. The topological polar surface area (TPSA) is 130 Å². The van der Waals surface area contributed by atoms with Crippen molar-refractivity contribution >= 4 is 60.6 Å². The van der Waals surface area contributed by atoms with E-state index < -0.39 is 0 Å². The second-order valence-electron chi connectivity index (χ2n) is 28.5. The summed E-state index contributed by atoms with van der Waals surface area (Å²) in [4.78, 5) is 36.6. The van der Waals surface area contributed by atoms with Crippen LogP contribution in [0.4, 0.5) is 5.69 Å². The van der Waals surface area contributed by atoms with Crippen LogP contribution < -0.4 is 18.3 Å². The summed E-state index contributed by atoms with van der Waals surface area (Å²) in [6.07, 6.45) is 13.7. The summed E-state index contributed by atoms with van der Waals surface area (Å²) in [5.41, 5.74) is 26.5. The molecule has 0 atom stereocenters. The van der Waals surface area contributed by atoms with E-state index in [2.05, 4.69) is 287 Å². The Morgan fingerprint density at radius 3 is 1.17 bits per heavy atom. The predicted octanol–water partition coefficient (Wildman–Crippen LogP) is 18.0. The molecule has 17 rings (SSSR count). The van der Waals surface area contributed by atoms with Gasteiger partial charge in [-0.05, 0) is 147 Å². The number of imidazole rings is 4. The summed E-state index contributed by atoms with van der Waals surface area (Å²) in [6.45, 7) is 33.2. The van der Waals surface area contributed by atoms with Gasteiger partial charge in [-0.1, -0.05) is 115 Å². The molecule has 0 unspecified atom stereocenters.